The maximum absolute atomic E-state index is 11.1. The van der Waals surface area contributed by atoms with Gasteiger partial charge in [-0.15, -0.1) is 0 Å². The lowest BCUT2D eigenvalue weighted by Gasteiger charge is -1.99. The summed E-state index contributed by atoms with van der Waals surface area (Å²) in [5.41, 5.74) is 0.529. The van der Waals surface area contributed by atoms with Crippen molar-refractivity contribution in [2.24, 2.45) is 0 Å². The van der Waals surface area contributed by atoms with Crippen molar-refractivity contribution >= 4 is 16.8 Å². The van der Waals surface area contributed by atoms with Gasteiger partial charge in [0.15, 0.2) is 11.2 Å². The van der Waals surface area contributed by atoms with Crippen LogP contribution in [0.3, 0.4) is 0 Å². The fourth-order valence-corrected chi connectivity index (χ4v) is 1.89. The van der Waals surface area contributed by atoms with Gasteiger partial charge >= 0.3 is 0 Å². The fraction of sp³-hybridized carbons (Fsp3) is 0.0588. The first kappa shape index (κ1) is 16.1. The van der Waals surface area contributed by atoms with Crippen LogP contribution in [-0.4, -0.2) is 21.1 Å². The molecule has 1 heterocycles. The second-order valence-corrected chi connectivity index (χ2v) is 4.72. The van der Waals surface area contributed by atoms with Crippen LogP contribution in [0.4, 0.5) is 0 Å². The van der Waals surface area contributed by atoms with Gasteiger partial charge in [-0.2, -0.15) is 0 Å². The summed E-state index contributed by atoms with van der Waals surface area (Å²) < 4.78 is 5.01. The van der Waals surface area contributed by atoms with Gasteiger partial charge in [-0.05, 0) is 31.2 Å². The van der Waals surface area contributed by atoms with Gasteiger partial charge in [0.2, 0.25) is 0 Å². The zero-order valence-corrected chi connectivity index (χ0v) is 12.2. The molecule has 3 rings (SSSR count). The van der Waals surface area contributed by atoms with E-state index in [1.807, 2.05) is 0 Å². The normalized spacial score (nSPS) is 9.96. The van der Waals surface area contributed by atoms with Gasteiger partial charge in [-0.3, -0.25) is 9.59 Å². The molecule has 0 radical (unpaired) electrons. The van der Waals surface area contributed by atoms with Crippen molar-refractivity contribution in [1.29, 1.82) is 0 Å². The highest BCUT2D eigenvalue weighted by Crippen LogP contribution is 2.22. The zero-order chi connectivity index (χ0) is 17.0. The second kappa shape index (κ2) is 6.65. The van der Waals surface area contributed by atoms with E-state index in [9.17, 15) is 9.59 Å². The van der Waals surface area contributed by atoms with E-state index in [1.54, 1.807) is 0 Å². The van der Waals surface area contributed by atoms with E-state index in [-0.39, 0.29) is 34.0 Å². The van der Waals surface area contributed by atoms with Gasteiger partial charge in [-0.1, -0.05) is 0 Å². The summed E-state index contributed by atoms with van der Waals surface area (Å²) in [7, 11) is 0. The summed E-state index contributed by atoms with van der Waals surface area (Å²) in [5, 5.41) is 27.5. The molecule has 0 aliphatic rings. The van der Waals surface area contributed by atoms with Crippen LogP contribution in [0.5, 0.6) is 17.2 Å². The maximum Gasteiger partial charge on any atom is 0.192 e. The minimum absolute atomic E-state index is 0.0486. The highest BCUT2D eigenvalue weighted by Gasteiger charge is 2.05. The smallest absolute Gasteiger partial charge is 0.192 e. The second-order valence-electron chi connectivity index (χ2n) is 4.72. The van der Waals surface area contributed by atoms with Gasteiger partial charge in [0.25, 0.3) is 0 Å². The number of aromatic hydroxyl groups is 3. The molecule has 118 valence electrons. The van der Waals surface area contributed by atoms with Crippen molar-refractivity contribution < 1.29 is 24.5 Å². The number of phenols is 3. The van der Waals surface area contributed by atoms with Gasteiger partial charge in [0.1, 0.15) is 22.8 Å². The molecule has 0 aliphatic carbocycles. The predicted octanol–water partition coefficient (Wildman–Crippen LogP) is 2.80. The Kier molecular flexibility index (Phi) is 4.66. The number of rotatable bonds is 1. The van der Waals surface area contributed by atoms with Crippen LogP contribution in [-0.2, 0) is 0 Å². The Balaban J connectivity index is 0.000000168. The molecule has 1 aromatic heterocycles. The lowest BCUT2D eigenvalue weighted by atomic mass is 10.1. The van der Waals surface area contributed by atoms with Crippen LogP contribution < -0.4 is 5.43 Å². The third kappa shape index (κ3) is 3.88. The van der Waals surface area contributed by atoms with Crippen LogP contribution >= 0.6 is 0 Å². The first-order valence-electron chi connectivity index (χ1n) is 6.62. The predicted molar refractivity (Wildman–Crippen MR) is 83.9 cm³/mol. The topological polar surface area (TPSA) is 108 Å². The molecule has 0 amide bonds. The Morgan fingerprint density at radius 2 is 1.61 bits per heavy atom. The Morgan fingerprint density at radius 3 is 2.26 bits per heavy atom. The van der Waals surface area contributed by atoms with Crippen molar-refractivity contribution in [3.05, 3.63) is 64.5 Å². The molecule has 0 aliphatic heterocycles. The molecule has 3 N–H and O–H groups in total. The molecule has 2 aromatic carbocycles. The van der Waals surface area contributed by atoms with E-state index in [0.29, 0.717) is 11.0 Å². The van der Waals surface area contributed by atoms with Gasteiger partial charge in [-0.25, -0.2) is 0 Å². The molecule has 0 atom stereocenters. The van der Waals surface area contributed by atoms with Crippen molar-refractivity contribution in [2.75, 3.05) is 0 Å². The summed E-state index contributed by atoms with van der Waals surface area (Å²) in [6, 6.07) is 9.63. The monoisotopic (exact) mass is 314 g/mol. The zero-order valence-electron chi connectivity index (χ0n) is 12.2. The van der Waals surface area contributed by atoms with Crippen LogP contribution in [0, 0.1) is 0 Å². The van der Waals surface area contributed by atoms with E-state index >= 15 is 0 Å². The molecule has 0 spiro atoms. The van der Waals surface area contributed by atoms with Crippen LogP contribution in [0.15, 0.2) is 57.9 Å². The van der Waals surface area contributed by atoms with Crippen LogP contribution in [0.1, 0.15) is 17.3 Å². The Hall–Kier alpha value is -3.28. The summed E-state index contributed by atoms with van der Waals surface area (Å²) >= 11 is 0. The number of benzene rings is 2. The molecule has 0 fully saturated rings. The van der Waals surface area contributed by atoms with E-state index < -0.39 is 0 Å². The molecule has 0 saturated carbocycles. The highest BCUT2D eigenvalue weighted by molar-refractivity contribution is 5.96. The number of Topliss-reactive ketones (excluding diaryl/α,β-unsaturated/α-hetero) is 1. The minimum Gasteiger partial charge on any atom is -0.508 e. The molecule has 6 nitrogen and oxygen atoms in total. The number of phenolic OH excluding ortho intramolecular Hbond substituents is 3. The molecule has 3 aromatic rings. The third-order valence-corrected chi connectivity index (χ3v) is 3.01. The summed E-state index contributed by atoms with van der Waals surface area (Å²) in [5.74, 6) is -0.357. The molecule has 0 bridgehead atoms. The average Bonchev–Trinajstić information content (AvgIpc) is 2.47. The standard InChI is InChI=1S/C9H6O3.C8H8O3/c10-6-1-2-7-8(11)3-4-12-9(7)5-6;1-5(9)7-3-2-6(10)4-8(7)11/h1-5,10H;2-4,10-11H,1H3. The quantitative estimate of drug-likeness (QED) is 0.596. The van der Waals surface area contributed by atoms with E-state index in [2.05, 4.69) is 0 Å². The van der Waals surface area contributed by atoms with Crippen LogP contribution in [0.2, 0.25) is 0 Å². The maximum atomic E-state index is 11.1. The SMILES string of the molecule is CC(=O)c1ccc(O)cc1O.O=c1ccoc2cc(O)ccc12. The first-order chi connectivity index (χ1) is 10.9. The lowest BCUT2D eigenvalue weighted by Crippen LogP contribution is -1.96. The Bertz CT molecular complexity index is 910. The molecule has 0 unspecified atom stereocenters. The Morgan fingerprint density at radius 1 is 0.957 bits per heavy atom. The summed E-state index contributed by atoms with van der Waals surface area (Å²) in [4.78, 5) is 21.9. The number of fused-ring (bicyclic) bond motifs is 1. The molecule has 6 heteroatoms. The largest absolute Gasteiger partial charge is 0.508 e. The van der Waals surface area contributed by atoms with Crippen molar-refractivity contribution in [3.63, 3.8) is 0 Å². The molecular weight excluding hydrogens is 300 g/mol. The van der Waals surface area contributed by atoms with Crippen LogP contribution in [0.25, 0.3) is 11.0 Å². The minimum atomic E-state index is -0.220. The van der Waals surface area contributed by atoms with E-state index in [1.165, 1.54) is 49.6 Å². The number of carbonyl (C=O) groups excluding carboxylic acids is 1. The molecular formula is C17H14O6. The lowest BCUT2D eigenvalue weighted by molar-refractivity contribution is 0.101. The molecule has 23 heavy (non-hydrogen) atoms. The first-order valence-corrected chi connectivity index (χ1v) is 6.62. The number of ketones is 1. The summed E-state index contributed by atoms with van der Waals surface area (Å²) in [6.07, 6.45) is 1.31. The van der Waals surface area contributed by atoms with Gasteiger partial charge in [0, 0.05) is 18.2 Å². The number of hydrogen-bond acceptors (Lipinski definition) is 6. The highest BCUT2D eigenvalue weighted by atomic mass is 16.3. The fourth-order valence-electron chi connectivity index (χ4n) is 1.89. The van der Waals surface area contributed by atoms with E-state index in [4.69, 9.17) is 19.7 Å². The van der Waals surface area contributed by atoms with Gasteiger partial charge < -0.3 is 19.7 Å². The Labute approximate surface area is 130 Å². The third-order valence-electron chi connectivity index (χ3n) is 3.01. The van der Waals surface area contributed by atoms with Gasteiger partial charge in [0.05, 0.1) is 17.2 Å². The van der Waals surface area contributed by atoms with Crippen molar-refractivity contribution in [2.45, 2.75) is 6.92 Å². The number of hydrogen-bond donors (Lipinski definition) is 3. The number of carbonyl (C=O) groups is 1. The van der Waals surface area contributed by atoms with Crippen molar-refractivity contribution in [1.82, 2.24) is 0 Å². The van der Waals surface area contributed by atoms with E-state index in [0.717, 1.165) is 6.07 Å². The average molecular weight is 314 g/mol. The van der Waals surface area contributed by atoms with Crippen molar-refractivity contribution in [3.8, 4) is 17.2 Å². The summed E-state index contributed by atoms with van der Waals surface area (Å²) in [6.45, 7) is 1.35. The molecule has 0 saturated heterocycles.